The zero-order valence-corrected chi connectivity index (χ0v) is 12.8. The molecular formula is C14H8BrF2NO2S. The zero-order chi connectivity index (χ0) is 15.1. The molecular weight excluding hydrogens is 364 g/mol. The van der Waals surface area contributed by atoms with E-state index < -0.39 is 23.6 Å². The van der Waals surface area contributed by atoms with E-state index in [0.717, 1.165) is 17.8 Å². The molecule has 0 aliphatic carbocycles. The molecule has 2 aromatic carbocycles. The van der Waals surface area contributed by atoms with Gasteiger partial charge in [0.15, 0.2) is 6.10 Å². The highest BCUT2D eigenvalue weighted by Crippen LogP contribution is 2.41. The van der Waals surface area contributed by atoms with Crippen molar-refractivity contribution < 1.29 is 18.7 Å². The molecule has 1 aliphatic rings. The Morgan fingerprint density at radius 1 is 1.19 bits per heavy atom. The van der Waals surface area contributed by atoms with Crippen molar-refractivity contribution in [1.82, 2.24) is 0 Å². The first kappa shape index (κ1) is 14.5. The predicted molar refractivity (Wildman–Crippen MR) is 78.2 cm³/mol. The number of aliphatic hydroxyl groups is 1. The van der Waals surface area contributed by atoms with E-state index in [-0.39, 0.29) is 4.90 Å². The number of aliphatic hydroxyl groups excluding tert-OH is 1. The largest absolute Gasteiger partial charge is 0.378 e. The number of rotatable bonds is 2. The van der Waals surface area contributed by atoms with E-state index in [1.807, 2.05) is 0 Å². The first-order valence-corrected chi connectivity index (χ1v) is 7.52. The molecule has 0 saturated heterocycles. The molecule has 0 saturated carbocycles. The van der Waals surface area contributed by atoms with Gasteiger partial charge in [0, 0.05) is 31.6 Å². The van der Waals surface area contributed by atoms with Gasteiger partial charge < -0.3 is 10.4 Å². The van der Waals surface area contributed by atoms with Crippen LogP contribution in [0.2, 0.25) is 0 Å². The summed E-state index contributed by atoms with van der Waals surface area (Å²) in [5.41, 5.74) is 0.955. The molecule has 2 aromatic rings. The third-order valence-electron chi connectivity index (χ3n) is 3.02. The monoisotopic (exact) mass is 371 g/mol. The van der Waals surface area contributed by atoms with Crippen LogP contribution in [-0.4, -0.2) is 11.0 Å². The SMILES string of the molecule is O=C1Nc2cc(Sc3ccc(F)cc3F)c(Br)cc2C1O. The average molecular weight is 372 g/mol. The number of carbonyl (C=O) groups is 1. The van der Waals surface area contributed by atoms with E-state index in [4.69, 9.17) is 0 Å². The first-order valence-electron chi connectivity index (χ1n) is 5.91. The minimum atomic E-state index is -1.20. The van der Waals surface area contributed by atoms with Crippen LogP contribution in [0.5, 0.6) is 0 Å². The lowest BCUT2D eigenvalue weighted by Crippen LogP contribution is -2.10. The third-order valence-corrected chi connectivity index (χ3v) is 5.05. The second kappa shape index (κ2) is 5.40. The Morgan fingerprint density at radius 2 is 1.95 bits per heavy atom. The molecule has 108 valence electrons. The molecule has 3 rings (SSSR count). The summed E-state index contributed by atoms with van der Waals surface area (Å²) in [6.45, 7) is 0. The van der Waals surface area contributed by atoms with Crippen LogP contribution >= 0.6 is 27.7 Å². The van der Waals surface area contributed by atoms with Gasteiger partial charge >= 0.3 is 0 Å². The fourth-order valence-electron chi connectivity index (χ4n) is 2.00. The van der Waals surface area contributed by atoms with Gasteiger partial charge in [-0.3, -0.25) is 4.79 Å². The second-order valence-electron chi connectivity index (χ2n) is 4.44. The number of fused-ring (bicyclic) bond motifs is 1. The Hall–Kier alpha value is -1.44. The smallest absolute Gasteiger partial charge is 0.257 e. The molecule has 1 aliphatic heterocycles. The van der Waals surface area contributed by atoms with E-state index in [2.05, 4.69) is 21.2 Å². The Labute approximate surface area is 131 Å². The zero-order valence-electron chi connectivity index (χ0n) is 10.4. The number of hydrogen-bond donors (Lipinski definition) is 2. The summed E-state index contributed by atoms with van der Waals surface area (Å²) in [6, 6.07) is 6.60. The highest BCUT2D eigenvalue weighted by atomic mass is 79.9. The van der Waals surface area contributed by atoms with Crippen LogP contribution in [0, 0.1) is 11.6 Å². The number of halogens is 3. The Morgan fingerprint density at radius 3 is 2.67 bits per heavy atom. The first-order chi connectivity index (χ1) is 9.95. The molecule has 0 bridgehead atoms. The van der Waals surface area contributed by atoms with Crippen molar-refractivity contribution >= 4 is 39.3 Å². The molecule has 1 heterocycles. The van der Waals surface area contributed by atoms with E-state index >= 15 is 0 Å². The van der Waals surface area contributed by atoms with Crippen LogP contribution in [0.15, 0.2) is 44.6 Å². The Kier molecular flexibility index (Phi) is 3.73. The van der Waals surface area contributed by atoms with Crippen LogP contribution in [0.4, 0.5) is 14.5 Å². The van der Waals surface area contributed by atoms with Crippen molar-refractivity contribution in [2.45, 2.75) is 15.9 Å². The number of amides is 1. The van der Waals surface area contributed by atoms with Gasteiger partial charge in [-0.15, -0.1) is 0 Å². The Balaban J connectivity index is 1.97. The fourth-order valence-corrected chi connectivity index (χ4v) is 3.47. The van der Waals surface area contributed by atoms with Crippen LogP contribution in [0.25, 0.3) is 0 Å². The van der Waals surface area contributed by atoms with E-state index in [0.29, 0.717) is 20.6 Å². The predicted octanol–water partition coefficient (Wildman–Crippen LogP) is 3.86. The number of benzene rings is 2. The maximum atomic E-state index is 13.7. The quantitative estimate of drug-likeness (QED) is 0.842. The second-order valence-corrected chi connectivity index (χ2v) is 6.38. The molecule has 1 amide bonds. The van der Waals surface area contributed by atoms with Gasteiger partial charge in [0.25, 0.3) is 5.91 Å². The van der Waals surface area contributed by atoms with Gasteiger partial charge in [0.05, 0.1) is 0 Å². The van der Waals surface area contributed by atoms with Gasteiger partial charge in [0.1, 0.15) is 11.6 Å². The minimum Gasteiger partial charge on any atom is -0.378 e. The molecule has 0 radical (unpaired) electrons. The standard InChI is InChI=1S/C14H8BrF2NO2S/c15-8-4-7-10(18-14(20)13(7)19)5-12(8)21-11-2-1-6(16)3-9(11)17/h1-5,13,19H,(H,18,20). The molecule has 3 nitrogen and oxygen atoms in total. The fraction of sp³-hybridized carbons (Fsp3) is 0.0714. The van der Waals surface area contributed by atoms with Gasteiger partial charge in [-0.05, 0) is 40.2 Å². The lowest BCUT2D eigenvalue weighted by molar-refractivity contribution is -0.123. The van der Waals surface area contributed by atoms with Crippen LogP contribution < -0.4 is 5.32 Å². The van der Waals surface area contributed by atoms with Crippen molar-refractivity contribution in [3.8, 4) is 0 Å². The molecule has 2 N–H and O–H groups in total. The van der Waals surface area contributed by atoms with Crippen molar-refractivity contribution in [2.75, 3.05) is 5.32 Å². The van der Waals surface area contributed by atoms with E-state index in [9.17, 15) is 18.7 Å². The molecule has 1 unspecified atom stereocenters. The molecule has 21 heavy (non-hydrogen) atoms. The minimum absolute atomic E-state index is 0.266. The number of hydrogen-bond acceptors (Lipinski definition) is 3. The summed E-state index contributed by atoms with van der Waals surface area (Å²) in [5.74, 6) is -1.79. The highest BCUT2D eigenvalue weighted by Gasteiger charge is 2.29. The maximum absolute atomic E-state index is 13.7. The molecule has 7 heteroatoms. The number of anilines is 1. The lowest BCUT2D eigenvalue weighted by Gasteiger charge is -2.09. The van der Waals surface area contributed by atoms with E-state index in [1.165, 1.54) is 12.1 Å². The van der Waals surface area contributed by atoms with Gasteiger partial charge in [-0.1, -0.05) is 11.8 Å². The average Bonchev–Trinajstić information content (AvgIpc) is 2.69. The van der Waals surface area contributed by atoms with Gasteiger partial charge in [0.2, 0.25) is 0 Å². The lowest BCUT2D eigenvalue weighted by atomic mass is 10.1. The van der Waals surface area contributed by atoms with Crippen molar-refractivity contribution in [3.63, 3.8) is 0 Å². The normalized spacial score (nSPS) is 16.8. The number of carbonyl (C=O) groups excluding carboxylic acids is 1. The van der Waals surface area contributed by atoms with Crippen LogP contribution in [0.1, 0.15) is 11.7 Å². The van der Waals surface area contributed by atoms with Crippen LogP contribution in [-0.2, 0) is 4.79 Å². The summed E-state index contributed by atoms with van der Waals surface area (Å²) in [4.78, 5) is 12.3. The third kappa shape index (κ3) is 2.68. The van der Waals surface area contributed by atoms with Gasteiger partial charge in [-0.25, -0.2) is 8.78 Å². The van der Waals surface area contributed by atoms with Crippen LogP contribution in [0.3, 0.4) is 0 Å². The molecule has 0 fully saturated rings. The molecule has 0 spiro atoms. The summed E-state index contributed by atoms with van der Waals surface area (Å²) >= 11 is 4.42. The Bertz CT molecular complexity index is 754. The van der Waals surface area contributed by atoms with Gasteiger partial charge in [-0.2, -0.15) is 0 Å². The summed E-state index contributed by atoms with van der Waals surface area (Å²) < 4.78 is 27.2. The summed E-state index contributed by atoms with van der Waals surface area (Å²) in [5, 5.41) is 12.2. The summed E-state index contributed by atoms with van der Waals surface area (Å²) in [7, 11) is 0. The van der Waals surface area contributed by atoms with E-state index in [1.54, 1.807) is 12.1 Å². The topological polar surface area (TPSA) is 49.3 Å². The maximum Gasteiger partial charge on any atom is 0.257 e. The van der Waals surface area contributed by atoms with Crippen molar-refractivity contribution in [3.05, 3.63) is 52.0 Å². The summed E-state index contributed by atoms with van der Waals surface area (Å²) in [6.07, 6.45) is -1.20. The highest BCUT2D eigenvalue weighted by molar-refractivity contribution is 9.10. The molecule has 1 atom stereocenters. The molecule has 0 aromatic heterocycles. The van der Waals surface area contributed by atoms with Crippen molar-refractivity contribution in [2.24, 2.45) is 0 Å². The number of nitrogens with one attached hydrogen (secondary N) is 1. The van der Waals surface area contributed by atoms with Crippen molar-refractivity contribution in [1.29, 1.82) is 0 Å².